The van der Waals surface area contributed by atoms with Crippen molar-refractivity contribution in [3.05, 3.63) is 70.7 Å². The number of carbonyl (C=O) groups is 3. The van der Waals surface area contributed by atoms with Gasteiger partial charge >= 0.3 is 12.1 Å². The molecule has 2 amide bonds. The number of phenolic OH excluding ortho intramolecular Hbond substituents is 1. The summed E-state index contributed by atoms with van der Waals surface area (Å²) >= 11 is 6.28. The maximum atomic E-state index is 14.0. The lowest BCUT2D eigenvalue weighted by Crippen LogP contribution is -2.30. The second-order valence-electron chi connectivity index (χ2n) is 11.9. The fourth-order valence-corrected chi connectivity index (χ4v) is 7.04. The van der Waals surface area contributed by atoms with Crippen LogP contribution in [-0.4, -0.2) is 78.7 Å². The highest BCUT2D eigenvalue weighted by molar-refractivity contribution is 6.20. The Hall–Kier alpha value is -6.03. The topological polar surface area (TPSA) is 171 Å². The van der Waals surface area contributed by atoms with Gasteiger partial charge in [-0.1, -0.05) is 0 Å². The molecule has 13 nitrogen and oxygen atoms in total. The molecule has 3 aromatic carbocycles. The standard InChI is InChI=1S/C35H29ClF3N5O8/c1-49-23-10-15-9-19(42-27(15)30(51-3)29(23)50-2)32(46)40-17-5-6-18-14(7-17)8-20(41-18)33(47)44-13-16(12-36)24-21(44)11-22(45)28-25(24)26(34(48)52-4)31(43-28)35(37,38)39/h5-11,16,41-43,45H,12-13H2,1-4H3,(H,40,46). The Balaban J connectivity index is 1.21. The van der Waals surface area contributed by atoms with Crippen molar-refractivity contribution in [1.82, 2.24) is 15.0 Å². The zero-order chi connectivity index (χ0) is 37.2. The number of ether oxygens (including phenoxy) is 4. The van der Waals surface area contributed by atoms with E-state index in [1.165, 1.54) is 32.3 Å². The zero-order valence-electron chi connectivity index (χ0n) is 27.8. The molecule has 0 bridgehead atoms. The van der Waals surface area contributed by atoms with Gasteiger partial charge in [-0.05, 0) is 42.0 Å². The fraction of sp³-hybridized carbons (Fsp3) is 0.229. The van der Waals surface area contributed by atoms with Crippen LogP contribution in [0.15, 0.2) is 42.5 Å². The number of esters is 1. The number of aromatic nitrogens is 3. The van der Waals surface area contributed by atoms with Gasteiger partial charge in [0.2, 0.25) is 5.75 Å². The molecule has 5 N–H and O–H groups in total. The molecule has 0 aliphatic carbocycles. The van der Waals surface area contributed by atoms with Crippen molar-refractivity contribution in [3.8, 4) is 23.0 Å². The molecule has 7 rings (SSSR count). The molecule has 0 saturated carbocycles. The number of aromatic hydroxyl groups is 1. The number of carbonyl (C=O) groups excluding carboxylic acids is 3. The number of benzene rings is 3. The zero-order valence-corrected chi connectivity index (χ0v) is 28.6. The molecule has 1 aliphatic rings. The van der Waals surface area contributed by atoms with Gasteiger partial charge in [-0.2, -0.15) is 13.2 Å². The fourth-order valence-electron chi connectivity index (χ4n) is 6.79. The first-order chi connectivity index (χ1) is 24.8. The van der Waals surface area contributed by atoms with Crippen molar-refractivity contribution in [2.75, 3.05) is 51.1 Å². The van der Waals surface area contributed by atoms with Gasteiger partial charge in [-0.3, -0.25) is 9.59 Å². The molecule has 0 saturated heterocycles. The van der Waals surface area contributed by atoms with E-state index in [2.05, 4.69) is 25.0 Å². The van der Waals surface area contributed by atoms with Gasteiger partial charge < -0.3 is 49.2 Å². The summed E-state index contributed by atoms with van der Waals surface area (Å²) in [6.07, 6.45) is -4.99. The van der Waals surface area contributed by atoms with E-state index in [0.29, 0.717) is 44.7 Å². The summed E-state index contributed by atoms with van der Waals surface area (Å²) in [6, 6.07) is 11.0. The van der Waals surface area contributed by atoms with E-state index in [0.717, 1.165) is 7.11 Å². The summed E-state index contributed by atoms with van der Waals surface area (Å²) in [5.74, 6) is -2.56. The number of H-pyrrole nitrogens is 3. The summed E-state index contributed by atoms with van der Waals surface area (Å²) < 4.78 is 63.1. The predicted octanol–water partition coefficient (Wildman–Crippen LogP) is 6.90. The van der Waals surface area contributed by atoms with Crippen LogP contribution in [-0.2, 0) is 10.9 Å². The Morgan fingerprint density at radius 1 is 0.923 bits per heavy atom. The molecule has 0 spiro atoms. The molecular formula is C35H29ClF3N5O8. The van der Waals surface area contributed by atoms with Crippen LogP contribution >= 0.6 is 11.6 Å². The number of halogens is 4. The van der Waals surface area contributed by atoms with Crippen molar-refractivity contribution < 1.29 is 51.6 Å². The third-order valence-electron chi connectivity index (χ3n) is 9.05. The van der Waals surface area contributed by atoms with Gasteiger partial charge in [-0.25, -0.2) is 4.79 Å². The lowest BCUT2D eigenvalue weighted by Gasteiger charge is -2.17. The average Bonchev–Trinajstić information content (AvgIpc) is 3.91. The average molecular weight is 740 g/mol. The van der Waals surface area contributed by atoms with E-state index < -0.39 is 46.9 Å². The summed E-state index contributed by atoms with van der Waals surface area (Å²) in [6.45, 7) is -0.0485. The lowest BCUT2D eigenvalue weighted by molar-refractivity contribution is -0.141. The van der Waals surface area contributed by atoms with E-state index in [-0.39, 0.29) is 46.0 Å². The lowest BCUT2D eigenvalue weighted by atomic mass is 9.95. The number of hydrogen-bond acceptors (Lipinski definition) is 8. The Morgan fingerprint density at radius 2 is 1.65 bits per heavy atom. The number of aromatic amines is 3. The smallest absolute Gasteiger partial charge is 0.432 e. The van der Waals surface area contributed by atoms with Crippen molar-refractivity contribution >= 4 is 73.5 Å². The van der Waals surface area contributed by atoms with Crippen LogP contribution in [0.4, 0.5) is 24.5 Å². The Kier molecular flexibility index (Phi) is 8.36. The number of rotatable bonds is 8. The number of phenols is 1. The Labute approximate surface area is 296 Å². The molecule has 270 valence electrons. The monoisotopic (exact) mass is 739 g/mol. The molecule has 17 heteroatoms. The molecule has 4 heterocycles. The van der Waals surface area contributed by atoms with E-state index in [9.17, 15) is 32.7 Å². The van der Waals surface area contributed by atoms with Gasteiger partial charge in [0, 0.05) is 51.8 Å². The van der Waals surface area contributed by atoms with E-state index in [4.69, 9.17) is 25.8 Å². The second kappa shape index (κ2) is 12.6. The summed E-state index contributed by atoms with van der Waals surface area (Å²) in [5.41, 5.74) is -0.407. The summed E-state index contributed by atoms with van der Waals surface area (Å²) in [5, 5.41) is 14.7. The highest BCUT2D eigenvalue weighted by atomic mass is 35.5. The second-order valence-corrected chi connectivity index (χ2v) is 12.3. The van der Waals surface area contributed by atoms with E-state index >= 15 is 0 Å². The molecule has 1 atom stereocenters. The normalized spacial score (nSPS) is 14.2. The minimum atomic E-state index is -4.99. The maximum absolute atomic E-state index is 14.0. The quantitative estimate of drug-likeness (QED) is 0.0829. The third-order valence-corrected chi connectivity index (χ3v) is 9.43. The molecule has 6 aromatic rings. The maximum Gasteiger partial charge on any atom is 0.432 e. The van der Waals surface area contributed by atoms with Crippen molar-refractivity contribution in [3.63, 3.8) is 0 Å². The van der Waals surface area contributed by atoms with Crippen LogP contribution < -0.4 is 24.4 Å². The van der Waals surface area contributed by atoms with Gasteiger partial charge in [0.25, 0.3) is 11.8 Å². The first-order valence-electron chi connectivity index (χ1n) is 15.5. The molecule has 52 heavy (non-hydrogen) atoms. The molecular weight excluding hydrogens is 711 g/mol. The largest absolute Gasteiger partial charge is 0.506 e. The van der Waals surface area contributed by atoms with Crippen molar-refractivity contribution in [2.24, 2.45) is 0 Å². The Morgan fingerprint density at radius 3 is 2.31 bits per heavy atom. The highest BCUT2D eigenvalue weighted by Crippen LogP contribution is 2.49. The van der Waals surface area contributed by atoms with Crippen LogP contribution in [0.3, 0.4) is 0 Å². The van der Waals surface area contributed by atoms with Gasteiger partial charge in [0.15, 0.2) is 11.5 Å². The molecule has 0 radical (unpaired) electrons. The van der Waals surface area contributed by atoms with Crippen LogP contribution in [0.2, 0.25) is 0 Å². The van der Waals surface area contributed by atoms with Crippen LogP contribution in [0.25, 0.3) is 32.7 Å². The summed E-state index contributed by atoms with van der Waals surface area (Å²) in [4.78, 5) is 49.5. The number of hydrogen-bond donors (Lipinski definition) is 5. The minimum Gasteiger partial charge on any atom is -0.506 e. The van der Waals surface area contributed by atoms with Crippen molar-refractivity contribution in [2.45, 2.75) is 12.1 Å². The SMILES string of the molecule is COC(=O)c1c(C(F)(F)F)[nH]c2c(O)cc3c(c12)C(CCl)CN3C(=O)c1cc2cc(NC(=O)c3cc4cc(OC)c(OC)c(OC)c4[nH]3)ccc2[nH]1. The molecule has 1 unspecified atom stereocenters. The molecule has 3 aromatic heterocycles. The number of amides is 2. The van der Waals surface area contributed by atoms with E-state index in [1.807, 2.05) is 0 Å². The van der Waals surface area contributed by atoms with Crippen LogP contribution in [0.5, 0.6) is 23.0 Å². The van der Waals surface area contributed by atoms with Crippen LogP contribution in [0, 0.1) is 0 Å². The number of nitrogens with zero attached hydrogens (tertiary/aromatic N) is 1. The Bertz CT molecular complexity index is 2450. The molecule has 0 fully saturated rings. The van der Waals surface area contributed by atoms with Crippen LogP contribution in [0.1, 0.15) is 48.5 Å². The third kappa shape index (κ3) is 5.37. The van der Waals surface area contributed by atoms with Gasteiger partial charge in [-0.15, -0.1) is 11.6 Å². The van der Waals surface area contributed by atoms with E-state index in [1.54, 1.807) is 36.4 Å². The van der Waals surface area contributed by atoms with Gasteiger partial charge in [0.05, 0.1) is 50.7 Å². The van der Waals surface area contributed by atoms with Crippen molar-refractivity contribution in [1.29, 1.82) is 0 Å². The first-order valence-corrected chi connectivity index (χ1v) is 16.1. The number of fused-ring (bicyclic) bond motifs is 5. The summed E-state index contributed by atoms with van der Waals surface area (Å²) in [7, 11) is 5.38. The first kappa shape index (κ1) is 34.4. The van der Waals surface area contributed by atoms with Gasteiger partial charge in [0.1, 0.15) is 22.8 Å². The predicted molar refractivity (Wildman–Crippen MR) is 186 cm³/mol. The highest BCUT2D eigenvalue weighted by Gasteiger charge is 2.43. The molecule has 1 aliphatic heterocycles. The number of nitrogens with one attached hydrogen (secondary N) is 4. The number of anilines is 2. The number of alkyl halides is 4. The number of methoxy groups -OCH3 is 4. The minimum absolute atomic E-state index is 0.0485.